The molecular formula is C12H16N4O. The molecule has 1 saturated heterocycles. The van der Waals surface area contributed by atoms with E-state index < -0.39 is 5.91 Å². The van der Waals surface area contributed by atoms with Crippen molar-refractivity contribution in [2.24, 2.45) is 23.0 Å². The second-order valence-electron chi connectivity index (χ2n) is 5.57. The Labute approximate surface area is 100 Å². The van der Waals surface area contributed by atoms with Gasteiger partial charge in [-0.05, 0) is 17.3 Å². The first-order valence-electron chi connectivity index (χ1n) is 5.87. The zero-order valence-corrected chi connectivity index (χ0v) is 10.1. The van der Waals surface area contributed by atoms with Crippen LogP contribution in [0.2, 0.25) is 0 Å². The molecule has 1 amide bonds. The summed E-state index contributed by atoms with van der Waals surface area (Å²) in [4.78, 5) is 21.5. The van der Waals surface area contributed by atoms with E-state index in [1.165, 1.54) is 6.20 Å². The third-order valence-corrected chi connectivity index (χ3v) is 4.32. The van der Waals surface area contributed by atoms with Gasteiger partial charge in [-0.3, -0.25) is 9.78 Å². The molecule has 1 aromatic heterocycles. The van der Waals surface area contributed by atoms with Gasteiger partial charge in [0.1, 0.15) is 11.5 Å². The fourth-order valence-corrected chi connectivity index (χ4v) is 2.95. The van der Waals surface area contributed by atoms with E-state index in [4.69, 9.17) is 5.73 Å². The van der Waals surface area contributed by atoms with E-state index in [9.17, 15) is 4.79 Å². The monoisotopic (exact) mass is 232 g/mol. The van der Waals surface area contributed by atoms with Crippen molar-refractivity contribution >= 4 is 11.7 Å². The number of anilines is 1. The van der Waals surface area contributed by atoms with E-state index in [-0.39, 0.29) is 5.69 Å². The Bertz CT molecular complexity index is 471. The van der Waals surface area contributed by atoms with Crippen molar-refractivity contribution in [3.05, 3.63) is 18.1 Å². The van der Waals surface area contributed by atoms with Crippen LogP contribution in [-0.2, 0) is 0 Å². The summed E-state index contributed by atoms with van der Waals surface area (Å²) >= 11 is 0. The first kappa shape index (κ1) is 10.5. The lowest BCUT2D eigenvalue weighted by Crippen LogP contribution is -2.28. The van der Waals surface area contributed by atoms with E-state index in [2.05, 4.69) is 28.7 Å². The van der Waals surface area contributed by atoms with Crippen LogP contribution in [-0.4, -0.2) is 29.0 Å². The van der Waals surface area contributed by atoms with Gasteiger partial charge in [0.15, 0.2) is 0 Å². The third-order valence-electron chi connectivity index (χ3n) is 4.32. The molecule has 2 fully saturated rings. The second-order valence-corrected chi connectivity index (χ2v) is 5.57. The molecular weight excluding hydrogens is 216 g/mol. The van der Waals surface area contributed by atoms with Crippen molar-refractivity contribution in [2.45, 2.75) is 13.8 Å². The average Bonchev–Trinajstić information content (AvgIpc) is 2.71. The number of carbonyl (C=O) groups is 1. The summed E-state index contributed by atoms with van der Waals surface area (Å²) in [6.45, 7) is 6.64. The second kappa shape index (κ2) is 3.18. The molecule has 1 saturated carbocycles. The Kier molecular flexibility index (Phi) is 1.97. The zero-order valence-electron chi connectivity index (χ0n) is 10.1. The van der Waals surface area contributed by atoms with Crippen molar-refractivity contribution < 1.29 is 4.79 Å². The summed E-state index contributed by atoms with van der Waals surface area (Å²) in [6.07, 6.45) is 3.11. The van der Waals surface area contributed by atoms with Gasteiger partial charge in [0.25, 0.3) is 5.91 Å². The lowest BCUT2D eigenvalue weighted by molar-refractivity contribution is 0.0995. The molecule has 1 aromatic rings. The number of amides is 1. The quantitative estimate of drug-likeness (QED) is 0.813. The molecule has 2 heterocycles. The van der Waals surface area contributed by atoms with Crippen LogP contribution in [0.5, 0.6) is 0 Å². The highest BCUT2D eigenvalue weighted by atomic mass is 16.1. The Hall–Kier alpha value is -1.65. The molecule has 0 aromatic carbocycles. The normalized spacial score (nSPS) is 28.9. The van der Waals surface area contributed by atoms with Gasteiger partial charge in [-0.1, -0.05) is 13.8 Å². The first-order chi connectivity index (χ1) is 8.00. The Morgan fingerprint density at radius 1 is 1.41 bits per heavy atom. The Morgan fingerprint density at radius 3 is 2.65 bits per heavy atom. The van der Waals surface area contributed by atoms with Crippen LogP contribution in [0.4, 0.5) is 5.82 Å². The van der Waals surface area contributed by atoms with Crippen LogP contribution in [0.15, 0.2) is 12.4 Å². The standard InChI is InChI=1S/C12H16N4O/c1-12(2)7-5-16(6-8(7)12)10-4-14-3-9(15-10)11(13)17/h3-4,7-8H,5-6H2,1-2H3,(H2,13,17). The molecule has 1 aliphatic carbocycles. The number of nitrogens with zero attached hydrogens (tertiary/aromatic N) is 3. The van der Waals surface area contributed by atoms with Gasteiger partial charge in [-0.2, -0.15) is 0 Å². The molecule has 2 atom stereocenters. The predicted octanol–water partition coefficient (Wildman–Crippen LogP) is 0.668. The number of primary amides is 1. The third kappa shape index (κ3) is 1.49. The topological polar surface area (TPSA) is 72.1 Å². The molecule has 0 spiro atoms. The van der Waals surface area contributed by atoms with Gasteiger partial charge in [-0.25, -0.2) is 4.98 Å². The van der Waals surface area contributed by atoms with Crippen molar-refractivity contribution in [3.63, 3.8) is 0 Å². The summed E-state index contributed by atoms with van der Waals surface area (Å²) in [6, 6.07) is 0. The summed E-state index contributed by atoms with van der Waals surface area (Å²) < 4.78 is 0. The van der Waals surface area contributed by atoms with Crippen LogP contribution in [0, 0.1) is 17.3 Å². The predicted molar refractivity (Wildman–Crippen MR) is 63.5 cm³/mol. The fraction of sp³-hybridized carbons (Fsp3) is 0.583. The molecule has 0 bridgehead atoms. The molecule has 2 unspecified atom stereocenters. The van der Waals surface area contributed by atoms with E-state index in [0.717, 1.165) is 30.7 Å². The molecule has 5 heteroatoms. The van der Waals surface area contributed by atoms with Gasteiger partial charge in [0.05, 0.1) is 12.4 Å². The van der Waals surface area contributed by atoms with Gasteiger partial charge >= 0.3 is 0 Å². The highest BCUT2D eigenvalue weighted by Crippen LogP contribution is 2.62. The highest BCUT2D eigenvalue weighted by Gasteiger charge is 2.62. The number of carbonyl (C=O) groups excluding carboxylic acids is 1. The van der Waals surface area contributed by atoms with Crippen molar-refractivity contribution in [1.29, 1.82) is 0 Å². The van der Waals surface area contributed by atoms with E-state index in [0.29, 0.717) is 5.41 Å². The van der Waals surface area contributed by atoms with E-state index >= 15 is 0 Å². The smallest absolute Gasteiger partial charge is 0.268 e. The lowest BCUT2D eigenvalue weighted by atomic mass is 10.1. The van der Waals surface area contributed by atoms with Gasteiger partial charge in [0, 0.05) is 13.1 Å². The van der Waals surface area contributed by atoms with Gasteiger partial charge in [-0.15, -0.1) is 0 Å². The molecule has 1 aliphatic heterocycles. The minimum atomic E-state index is -0.524. The van der Waals surface area contributed by atoms with Gasteiger partial charge in [0.2, 0.25) is 0 Å². The van der Waals surface area contributed by atoms with Crippen LogP contribution >= 0.6 is 0 Å². The van der Waals surface area contributed by atoms with E-state index in [1.807, 2.05) is 0 Å². The number of hydrogen-bond donors (Lipinski definition) is 1. The number of aromatic nitrogens is 2. The summed E-state index contributed by atoms with van der Waals surface area (Å²) in [5, 5.41) is 0. The average molecular weight is 232 g/mol. The van der Waals surface area contributed by atoms with Crippen LogP contribution in [0.3, 0.4) is 0 Å². The maximum absolute atomic E-state index is 11.0. The molecule has 17 heavy (non-hydrogen) atoms. The van der Waals surface area contributed by atoms with E-state index in [1.54, 1.807) is 6.20 Å². The van der Waals surface area contributed by atoms with Crippen LogP contribution < -0.4 is 10.6 Å². The lowest BCUT2D eigenvalue weighted by Gasteiger charge is -2.22. The summed E-state index contributed by atoms with van der Waals surface area (Å²) in [5.41, 5.74) is 5.92. The largest absolute Gasteiger partial charge is 0.364 e. The minimum Gasteiger partial charge on any atom is -0.364 e. The van der Waals surface area contributed by atoms with Crippen molar-refractivity contribution in [3.8, 4) is 0 Å². The molecule has 2 N–H and O–H groups in total. The maximum Gasteiger partial charge on any atom is 0.268 e. The first-order valence-corrected chi connectivity index (χ1v) is 5.87. The molecule has 0 radical (unpaired) electrons. The minimum absolute atomic E-state index is 0.238. The fourth-order valence-electron chi connectivity index (χ4n) is 2.95. The molecule has 5 nitrogen and oxygen atoms in total. The van der Waals surface area contributed by atoms with Crippen LogP contribution in [0.1, 0.15) is 24.3 Å². The Balaban J connectivity index is 1.79. The summed E-state index contributed by atoms with van der Waals surface area (Å²) in [7, 11) is 0. The van der Waals surface area contributed by atoms with Gasteiger partial charge < -0.3 is 10.6 Å². The van der Waals surface area contributed by atoms with Crippen molar-refractivity contribution in [2.75, 3.05) is 18.0 Å². The van der Waals surface area contributed by atoms with Crippen LogP contribution in [0.25, 0.3) is 0 Å². The molecule has 2 aliphatic rings. The molecule has 3 rings (SSSR count). The number of fused-ring (bicyclic) bond motifs is 1. The molecule has 90 valence electrons. The number of rotatable bonds is 2. The number of piperidine rings is 1. The maximum atomic E-state index is 11.0. The zero-order chi connectivity index (χ0) is 12.2. The summed E-state index contributed by atoms with van der Waals surface area (Å²) in [5.74, 6) is 1.75. The van der Waals surface area contributed by atoms with Crippen molar-refractivity contribution in [1.82, 2.24) is 9.97 Å². The highest BCUT2D eigenvalue weighted by molar-refractivity contribution is 5.90. The Morgan fingerprint density at radius 2 is 2.06 bits per heavy atom. The SMILES string of the molecule is CC1(C)C2CN(c3cncc(C(N)=O)n3)CC21. The number of hydrogen-bond acceptors (Lipinski definition) is 4. The number of nitrogens with two attached hydrogens (primary N) is 1.